The van der Waals surface area contributed by atoms with Crippen LogP contribution in [0.4, 0.5) is 19.0 Å². The zero-order valence-electron chi connectivity index (χ0n) is 23.9. The van der Waals surface area contributed by atoms with Gasteiger partial charge < -0.3 is 24.2 Å². The molecule has 4 fully saturated rings. The van der Waals surface area contributed by atoms with Crippen molar-refractivity contribution in [2.75, 3.05) is 17.2 Å². The summed E-state index contributed by atoms with van der Waals surface area (Å²) in [7, 11) is -4.18. The third kappa shape index (κ3) is 6.25. The van der Waals surface area contributed by atoms with Crippen LogP contribution in [0.25, 0.3) is 11.3 Å². The van der Waals surface area contributed by atoms with Crippen LogP contribution in [0.5, 0.6) is 5.75 Å². The second-order valence-corrected chi connectivity index (χ2v) is 13.7. The Kier molecular flexibility index (Phi) is 7.52. The molecule has 11 nitrogen and oxygen atoms in total. The molecular weight excluding hydrogens is 617 g/mol. The minimum atomic E-state index is -4.85. The number of nitrogens with one attached hydrogen (secondary N) is 1. The summed E-state index contributed by atoms with van der Waals surface area (Å²) >= 11 is 0. The number of benzene rings is 1. The van der Waals surface area contributed by atoms with Crippen LogP contribution >= 0.6 is 0 Å². The average Bonchev–Trinajstić information content (AvgIpc) is 3.87. The van der Waals surface area contributed by atoms with Gasteiger partial charge in [0.2, 0.25) is 0 Å². The van der Waals surface area contributed by atoms with Crippen LogP contribution in [0.3, 0.4) is 0 Å². The number of fused-ring (bicyclic) bond motifs is 4. The molecule has 0 spiro atoms. The Morgan fingerprint density at radius 3 is 2.64 bits per heavy atom. The molecule has 0 radical (unpaired) electrons. The van der Waals surface area contributed by atoms with E-state index < -0.39 is 28.1 Å². The molecule has 3 aromatic rings. The van der Waals surface area contributed by atoms with Gasteiger partial charge in [0, 0.05) is 47.8 Å². The van der Waals surface area contributed by atoms with E-state index in [-0.39, 0.29) is 60.1 Å². The number of alkyl halides is 3. The molecule has 1 aromatic carbocycles. The molecule has 4 heterocycles. The highest BCUT2D eigenvalue weighted by Gasteiger charge is 2.63. The summed E-state index contributed by atoms with van der Waals surface area (Å²) in [6, 6.07) is 9.80. The van der Waals surface area contributed by atoms with Crippen molar-refractivity contribution in [1.82, 2.24) is 15.5 Å². The number of hydrogen-bond donors (Lipinski definition) is 2. The molecule has 7 rings (SSSR count). The van der Waals surface area contributed by atoms with Gasteiger partial charge in [-0.25, -0.2) is 4.98 Å². The maximum Gasteiger partial charge on any atom is 0.573 e. The summed E-state index contributed by atoms with van der Waals surface area (Å²) in [6.07, 6.45) is 1.34. The topological polar surface area (TPSA) is 144 Å². The molecule has 2 saturated carbocycles. The van der Waals surface area contributed by atoms with Crippen LogP contribution in [-0.2, 0) is 21.5 Å². The van der Waals surface area contributed by atoms with Crippen LogP contribution in [0.1, 0.15) is 59.7 Å². The zero-order valence-corrected chi connectivity index (χ0v) is 24.8. The molecule has 1 amide bonds. The van der Waals surface area contributed by atoms with E-state index in [9.17, 15) is 26.4 Å². The van der Waals surface area contributed by atoms with Crippen molar-refractivity contribution < 1.29 is 44.9 Å². The van der Waals surface area contributed by atoms with Gasteiger partial charge in [-0.05, 0) is 62.3 Å². The predicted molar refractivity (Wildman–Crippen MR) is 153 cm³/mol. The van der Waals surface area contributed by atoms with Crippen molar-refractivity contribution in [1.29, 1.82) is 0 Å². The fourth-order valence-electron chi connectivity index (χ4n) is 7.05. The Labute approximate surface area is 256 Å². The van der Waals surface area contributed by atoms with Gasteiger partial charge in [0.15, 0.2) is 0 Å². The van der Waals surface area contributed by atoms with Crippen LogP contribution in [-0.4, -0.2) is 65.9 Å². The SMILES string of the molecule is O=C(NCCS(=O)(=O)O)c1ccc(N2C3CCC2C2C(C3)[C@@H]2OCc2c(-c3ccccc3OC(F)(F)F)noc2C2CC2)nc1. The molecule has 2 saturated heterocycles. The highest BCUT2D eigenvalue weighted by molar-refractivity contribution is 7.85. The van der Waals surface area contributed by atoms with Crippen LogP contribution < -0.4 is 15.0 Å². The number of carbonyl (C=O) groups is 1. The first kappa shape index (κ1) is 30.0. The van der Waals surface area contributed by atoms with Gasteiger partial charge in [-0.3, -0.25) is 9.35 Å². The number of aromatic nitrogens is 2. The lowest BCUT2D eigenvalue weighted by atomic mass is 10.0. The van der Waals surface area contributed by atoms with Gasteiger partial charge in [-0.1, -0.05) is 17.3 Å². The molecule has 4 unspecified atom stereocenters. The van der Waals surface area contributed by atoms with Crippen LogP contribution in [0.15, 0.2) is 47.1 Å². The maximum absolute atomic E-state index is 13.1. The Hall–Kier alpha value is -3.69. The zero-order chi connectivity index (χ0) is 31.5. The lowest BCUT2D eigenvalue weighted by molar-refractivity contribution is -0.274. The average molecular weight is 649 g/mol. The normalized spacial score (nSPS) is 25.6. The summed E-state index contributed by atoms with van der Waals surface area (Å²) in [4.78, 5) is 19.2. The largest absolute Gasteiger partial charge is 0.573 e. The van der Waals surface area contributed by atoms with Crippen molar-refractivity contribution in [3.05, 3.63) is 59.5 Å². The second kappa shape index (κ2) is 11.3. The first-order chi connectivity index (χ1) is 21.5. The predicted octanol–water partition coefficient (Wildman–Crippen LogP) is 4.70. The molecule has 2 bridgehead atoms. The number of anilines is 1. The molecular formula is C30H31F3N4O7S. The van der Waals surface area contributed by atoms with Gasteiger partial charge >= 0.3 is 6.36 Å². The van der Waals surface area contributed by atoms with Crippen molar-refractivity contribution >= 4 is 21.8 Å². The molecule has 2 aliphatic heterocycles. The molecule has 45 heavy (non-hydrogen) atoms. The molecule has 2 aliphatic carbocycles. The van der Waals surface area contributed by atoms with E-state index in [1.807, 2.05) is 0 Å². The molecule has 240 valence electrons. The van der Waals surface area contributed by atoms with Crippen molar-refractivity contribution in [3.63, 3.8) is 0 Å². The van der Waals surface area contributed by atoms with E-state index in [1.165, 1.54) is 24.4 Å². The smallest absolute Gasteiger partial charge is 0.405 e. The number of nitrogens with zero attached hydrogens (tertiary/aromatic N) is 3. The lowest BCUT2D eigenvalue weighted by Crippen LogP contribution is -2.42. The summed E-state index contributed by atoms with van der Waals surface area (Å²) in [6.45, 7) is -0.0494. The maximum atomic E-state index is 13.1. The van der Waals surface area contributed by atoms with Gasteiger partial charge in [-0.2, -0.15) is 8.42 Å². The monoisotopic (exact) mass is 648 g/mol. The number of pyridine rings is 1. The Morgan fingerprint density at radius 1 is 1.13 bits per heavy atom. The third-order valence-corrected chi connectivity index (χ3v) is 9.88. The number of ether oxygens (including phenoxy) is 2. The number of halogens is 3. The van der Waals surface area contributed by atoms with E-state index in [0.29, 0.717) is 22.9 Å². The van der Waals surface area contributed by atoms with Crippen molar-refractivity contribution in [3.8, 4) is 17.0 Å². The fourth-order valence-corrected chi connectivity index (χ4v) is 7.41. The van der Waals surface area contributed by atoms with Gasteiger partial charge in [-0.15, -0.1) is 13.2 Å². The second-order valence-electron chi connectivity index (χ2n) is 12.1. The standard InChI is InChI=1S/C30H31F3N4O7S/c31-30(32,33)43-23-4-2-1-3-19(23)26-21(27(44-36-26)16-5-6-16)15-42-28-20-13-18-8-9-22(25(20)28)37(18)24-10-7-17(14-35-24)29(38)34-11-12-45(39,40)41/h1-4,7,10,14,16,18,20,22,25,28H,5-6,8-9,11-13,15H2,(H,34,38)(H,39,40,41)/t18?,20?,22?,25?,28-/m0/s1. The summed E-state index contributed by atoms with van der Waals surface area (Å²) < 4.78 is 86.5. The van der Waals surface area contributed by atoms with Gasteiger partial charge in [0.25, 0.3) is 16.0 Å². The molecule has 4 aliphatic rings. The summed E-state index contributed by atoms with van der Waals surface area (Å²) in [5, 5.41) is 6.63. The molecule has 2 aromatic heterocycles. The van der Waals surface area contributed by atoms with Crippen LogP contribution in [0, 0.1) is 11.8 Å². The third-order valence-electron chi connectivity index (χ3n) is 9.16. The fraction of sp³-hybridized carbons (Fsp3) is 0.500. The quantitative estimate of drug-likeness (QED) is 0.281. The highest BCUT2D eigenvalue weighted by Crippen LogP contribution is 2.59. The van der Waals surface area contributed by atoms with Crippen molar-refractivity contribution in [2.45, 2.75) is 69.2 Å². The van der Waals surface area contributed by atoms with Gasteiger partial charge in [0.05, 0.1) is 24.0 Å². The van der Waals surface area contributed by atoms with E-state index in [2.05, 4.69) is 25.1 Å². The van der Waals surface area contributed by atoms with E-state index in [0.717, 1.165) is 37.9 Å². The van der Waals surface area contributed by atoms with Gasteiger partial charge in [0.1, 0.15) is 23.0 Å². The minimum Gasteiger partial charge on any atom is -0.405 e. The number of amides is 1. The molecule has 15 heteroatoms. The number of carbonyl (C=O) groups excluding carboxylic acids is 1. The number of para-hydroxylation sites is 1. The summed E-state index contributed by atoms with van der Waals surface area (Å²) in [5.74, 6) is 0.803. The Morgan fingerprint density at radius 2 is 1.93 bits per heavy atom. The molecule has 5 atom stereocenters. The first-order valence-electron chi connectivity index (χ1n) is 14.9. The van der Waals surface area contributed by atoms with Crippen molar-refractivity contribution in [2.24, 2.45) is 11.8 Å². The first-order valence-corrected chi connectivity index (χ1v) is 16.5. The van der Waals surface area contributed by atoms with E-state index >= 15 is 0 Å². The lowest BCUT2D eigenvalue weighted by Gasteiger charge is -2.35. The number of piperidine rings is 1. The molecule has 2 N–H and O–H groups in total. The Balaban J connectivity index is 1.04. The van der Waals surface area contributed by atoms with E-state index in [1.54, 1.807) is 18.2 Å². The Bertz CT molecular complexity index is 1690. The minimum absolute atomic E-state index is 0.0212. The summed E-state index contributed by atoms with van der Waals surface area (Å²) in [5.41, 5.74) is 1.44. The number of hydrogen-bond acceptors (Lipinski definition) is 9. The highest BCUT2D eigenvalue weighted by atomic mass is 32.2. The van der Waals surface area contributed by atoms with Crippen LogP contribution in [0.2, 0.25) is 0 Å². The van der Waals surface area contributed by atoms with E-state index in [4.69, 9.17) is 13.8 Å². The number of rotatable bonds is 11.